The van der Waals surface area contributed by atoms with Crippen molar-refractivity contribution in [1.29, 1.82) is 0 Å². The molecule has 4 nitrogen and oxygen atoms in total. The molecule has 0 aliphatic heterocycles. The van der Waals surface area contributed by atoms with Gasteiger partial charge in [0.15, 0.2) is 0 Å². The highest BCUT2D eigenvalue weighted by molar-refractivity contribution is 7.90. The predicted octanol–water partition coefficient (Wildman–Crippen LogP) is 1.51. The summed E-state index contributed by atoms with van der Waals surface area (Å²) in [6, 6.07) is -0.706. The van der Waals surface area contributed by atoms with Gasteiger partial charge in [0.1, 0.15) is 11.8 Å². The van der Waals surface area contributed by atoms with Crippen LogP contribution in [0.3, 0.4) is 0 Å². The molecule has 0 saturated carbocycles. The van der Waals surface area contributed by atoms with Gasteiger partial charge in [-0.05, 0) is 19.3 Å². The van der Waals surface area contributed by atoms with Crippen LogP contribution in [-0.4, -0.2) is 33.7 Å². The molecule has 0 aromatic rings. The first-order chi connectivity index (χ1) is 7.54. The van der Waals surface area contributed by atoms with Crippen molar-refractivity contribution >= 4 is 17.1 Å². The molecule has 16 heavy (non-hydrogen) atoms. The van der Waals surface area contributed by atoms with E-state index in [4.69, 9.17) is 10.8 Å². The molecule has 0 fully saturated rings. The van der Waals surface area contributed by atoms with E-state index in [0.29, 0.717) is 6.42 Å². The van der Waals surface area contributed by atoms with E-state index in [1.807, 2.05) is 0 Å². The molecule has 0 aliphatic rings. The molecule has 0 aromatic heterocycles. The maximum absolute atomic E-state index is 10.8. The van der Waals surface area contributed by atoms with Gasteiger partial charge in [-0.2, -0.15) is 0 Å². The van der Waals surface area contributed by atoms with Crippen LogP contribution in [0, 0.1) is 0 Å². The summed E-state index contributed by atoms with van der Waals surface area (Å²) in [4.78, 5) is 10.4. The van der Waals surface area contributed by atoms with Gasteiger partial charge in [-0.1, -0.05) is 36.9 Å². The lowest BCUT2D eigenvalue weighted by Gasteiger charge is -2.06. The van der Waals surface area contributed by atoms with Crippen LogP contribution in [0.2, 0.25) is 0 Å². The van der Waals surface area contributed by atoms with Crippen molar-refractivity contribution in [3.8, 4) is 0 Å². The topological polar surface area (TPSA) is 86.4 Å². The zero-order chi connectivity index (χ0) is 12.4. The fourth-order valence-corrected chi connectivity index (χ4v) is 2.11. The van der Waals surface area contributed by atoms with Crippen molar-refractivity contribution < 1.29 is 14.5 Å². The summed E-state index contributed by atoms with van der Waals surface area (Å²) in [5.41, 5.74) is 5.38. The van der Waals surface area contributed by atoms with Crippen LogP contribution >= 0.6 is 0 Å². The maximum atomic E-state index is 10.8. The second-order valence-corrected chi connectivity index (χ2v) is 5.69. The number of nitrogens with two attached hydrogens (primary N) is 1. The minimum Gasteiger partial charge on any atom is -0.617 e. The molecule has 5 heteroatoms. The fourth-order valence-electron chi connectivity index (χ4n) is 1.50. The molecular formula is C11H23NO3S. The Balaban J connectivity index is 3.13. The summed E-state index contributed by atoms with van der Waals surface area (Å²) in [7, 11) is 0. The Morgan fingerprint density at radius 1 is 1.25 bits per heavy atom. The number of carboxylic acid groups (broad SMARTS) is 1. The van der Waals surface area contributed by atoms with E-state index in [1.54, 1.807) is 6.26 Å². The molecule has 0 amide bonds. The summed E-state index contributed by atoms with van der Waals surface area (Å²) >= 11 is -0.668. The van der Waals surface area contributed by atoms with Gasteiger partial charge in [0.05, 0.1) is 6.26 Å². The molecule has 0 radical (unpaired) electrons. The van der Waals surface area contributed by atoms with E-state index in [0.717, 1.165) is 44.3 Å². The van der Waals surface area contributed by atoms with Crippen molar-refractivity contribution in [2.24, 2.45) is 5.73 Å². The second kappa shape index (κ2) is 9.93. The molecular weight excluding hydrogens is 226 g/mol. The van der Waals surface area contributed by atoms with Crippen LogP contribution in [0.1, 0.15) is 44.9 Å². The first-order valence-corrected chi connectivity index (χ1v) is 7.55. The molecule has 0 heterocycles. The minimum atomic E-state index is -0.912. The van der Waals surface area contributed by atoms with Crippen LogP contribution in [0.15, 0.2) is 0 Å². The third-order valence-corrected chi connectivity index (χ3v) is 3.38. The van der Waals surface area contributed by atoms with Gasteiger partial charge < -0.3 is 15.4 Å². The van der Waals surface area contributed by atoms with Crippen LogP contribution in [0.4, 0.5) is 0 Å². The lowest BCUT2D eigenvalue weighted by Crippen LogP contribution is -2.29. The van der Waals surface area contributed by atoms with Gasteiger partial charge in [-0.15, -0.1) is 0 Å². The first kappa shape index (κ1) is 15.7. The molecule has 2 unspecified atom stereocenters. The average Bonchev–Trinajstić information content (AvgIpc) is 2.21. The van der Waals surface area contributed by atoms with E-state index >= 15 is 0 Å². The average molecular weight is 249 g/mol. The van der Waals surface area contributed by atoms with E-state index in [-0.39, 0.29) is 0 Å². The van der Waals surface area contributed by atoms with Crippen LogP contribution < -0.4 is 5.73 Å². The second-order valence-electron chi connectivity index (χ2n) is 4.13. The number of hydrogen-bond donors (Lipinski definition) is 2. The van der Waals surface area contributed by atoms with Gasteiger partial charge in [0, 0.05) is 0 Å². The smallest absolute Gasteiger partial charge is 0.320 e. The molecule has 0 aromatic carbocycles. The Morgan fingerprint density at radius 3 is 2.25 bits per heavy atom. The van der Waals surface area contributed by atoms with E-state index in [9.17, 15) is 9.35 Å². The monoisotopic (exact) mass is 249 g/mol. The van der Waals surface area contributed by atoms with Gasteiger partial charge in [-0.3, -0.25) is 4.79 Å². The largest absolute Gasteiger partial charge is 0.617 e. The Kier molecular flexibility index (Phi) is 9.77. The van der Waals surface area contributed by atoms with Crippen molar-refractivity contribution in [3.63, 3.8) is 0 Å². The zero-order valence-electron chi connectivity index (χ0n) is 9.98. The fraction of sp³-hybridized carbons (Fsp3) is 0.909. The van der Waals surface area contributed by atoms with Crippen molar-refractivity contribution in [2.75, 3.05) is 12.0 Å². The minimum absolute atomic E-state index is 0.564. The van der Waals surface area contributed by atoms with Crippen molar-refractivity contribution in [2.45, 2.75) is 51.0 Å². The summed E-state index contributed by atoms with van der Waals surface area (Å²) in [6.07, 6.45) is 8.61. The highest BCUT2D eigenvalue weighted by Gasteiger charge is 2.09. The Morgan fingerprint density at radius 2 is 1.75 bits per heavy atom. The van der Waals surface area contributed by atoms with Gasteiger partial charge in [-0.25, -0.2) is 0 Å². The summed E-state index contributed by atoms with van der Waals surface area (Å²) in [5, 5.41) is 8.55. The zero-order valence-corrected chi connectivity index (χ0v) is 10.8. The number of aliphatic carboxylic acids is 1. The normalized spacial score (nSPS) is 14.7. The highest BCUT2D eigenvalue weighted by atomic mass is 32.2. The Bertz CT molecular complexity index is 188. The number of hydrogen-bond acceptors (Lipinski definition) is 3. The lowest BCUT2D eigenvalue weighted by atomic mass is 10.1. The summed E-state index contributed by atoms with van der Waals surface area (Å²) < 4.78 is 10.8. The molecule has 0 saturated heterocycles. The van der Waals surface area contributed by atoms with Crippen LogP contribution in [0.5, 0.6) is 0 Å². The highest BCUT2D eigenvalue weighted by Crippen LogP contribution is 2.08. The quantitative estimate of drug-likeness (QED) is 0.454. The summed E-state index contributed by atoms with van der Waals surface area (Å²) in [5.74, 6) is -0.116. The number of carboxylic acids is 1. The summed E-state index contributed by atoms with van der Waals surface area (Å²) in [6.45, 7) is 0. The predicted molar refractivity (Wildman–Crippen MR) is 66.9 cm³/mol. The van der Waals surface area contributed by atoms with E-state index < -0.39 is 23.2 Å². The Hall–Kier alpha value is -0.260. The molecule has 0 bridgehead atoms. The molecule has 3 N–H and O–H groups in total. The maximum Gasteiger partial charge on any atom is 0.320 e. The molecule has 96 valence electrons. The molecule has 0 rings (SSSR count). The number of carbonyl (C=O) groups is 1. The number of rotatable bonds is 10. The van der Waals surface area contributed by atoms with Gasteiger partial charge in [0.2, 0.25) is 0 Å². The standard InChI is InChI=1S/C11H23NO3S/c1-16(15)9-7-5-3-2-4-6-8-10(12)11(13)14/h10H,2-9,12H2,1H3,(H,13,14). The van der Waals surface area contributed by atoms with Crippen molar-refractivity contribution in [1.82, 2.24) is 0 Å². The molecule has 0 aliphatic carbocycles. The van der Waals surface area contributed by atoms with E-state index in [2.05, 4.69) is 0 Å². The van der Waals surface area contributed by atoms with Crippen LogP contribution in [-0.2, 0) is 16.0 Å². The third-order valence-electron chi connectivity index (χ3n) is 2.51. The van der Waals surface area contributed by atoms with Crippen LogP contribution in [0.25, 0.3) is 0 Å². The first-order valence-electron chi connectivity index (χ1n) is 5.82. The van der Waals surface area contributed by atoms with Gasteiger partial charge in [0.25, 0.3) is 0 Å². The lowest BCUT2D eigenvalue weighted by molar-refractivity contribution is -0.138. The third kappa shape index (κ3) is 10.3. The Labute approximate surface area is 101 Å². The number of unbranched alkanes of at least 4 members (excludes halogenated alkanes) is 5. The van der Waals surface area contributed by atoms with Crippen molar-refractivity contribution in [3.05, 3.63) is 0 Å². The molecule has 2 atom stereocenters. The SMILES string of the molecule is C[S+]([O-])CCCCCCCCC(N)C(=O)O. The molecule has 0 spiro atoms. The van der Waals surface area contributed by atoms with Gasteiger partial charge >= 0.3 is 5.97 Å². The van der Waals surface area contributed by atoms with E-state index in [1.165, 1.54) is 0 Å².